The fourth-order valence-corrected chi connectivity index (χ4v) is 5.99. The van der Waals surface area contributed by atoms with Gasteiger partial charge < -0.3 is 15.0 Å². The lowest BCUT2D eigenvalue weighted by molar-refractivity contribution is 0.0892. The summed E-state index contributed by atoms with van der Waals surface area (Å²) < 4.78 is 33.7. The molecule has 2 saturated heterocycles. The third-order valence-electron chi connectivity index (χ3n) is 6.06. The van der Waals surface area contributed by atoms with Crippen molar-refractivity contribution < 1.29 is 17.9 Å². The Morgan fingerprint density at radius 2 is 1.81 bits per heavy atom. The lowest BCUT2D eigenvalue weighted by Crippen LogP contribution is -2.35. The largest absolute Gasteiger partial charge is 0.366 e. The average molecular weight is 389 g/mol. The summed E-state index contributed by atoms with van der Waals surface area (Å²) in [5, 5.41) is 2.91. The molecule has 4 atom stereocenters. The monoisotopic (exact) mass is 389 g/mol. The Kier molecular flexibility index (Phi) is 3.86. The smallest absolute Gasteiger partial charge is 0.321 e. The van der Waals surface area contributed by atoms with E-state index >= 15 is 0 Å². The van der Waals surface area contributed by atoms with Crippen LogP contribution in [0.25, 0.3) is 0 Å². The van der Waals surface area contributed by atoms with Gasteiger partial charge in [-0.25, -0.2) is 17.9 Å². The molecule has 5 rings (SSSR count). The molecule has 1 aromatic carbocycles. The van der Waals surface area contributed by atoms with Crippen LogP contribution in [0.15, 0.2) is 35.2 Å². The van der Waals surface area contributed by atoms with E-state index in [2.05, 4.69) is 22.2 Å². The number of sulfonamides is 1. The molecule has 7 nitrogen and oxygen atoms in total. The van der Waals surface area contributed by atoms with Gasteiger partial charge in [0.05, 0.1) is 17.1 Å². The van der Waals surface area contributed by atoms with Crippen molar-refractivity contribution in [1.29, 1.82) is 0 Å². The molecule has 2 N–H and O–H groups in total. The van der Waals surface area contributed by atoms with Crippen LogP contribution in [0, 0.1) is 18.8 Å². The molecule has 3 aliphatic heterocycles. The first-order valence-electron chi connectivity index (χ1n) is 9.44. The number of fused-ring (bicyclic) bond motifs is 5. The second-order valence-corrected chi connectivity index (χ2v) is 9.62. The van der Waals surface area contributed by atoms with E-state index in [9.17, 15) is 13.2 Å². The maximum Gasteiger partial charge on any atom is 0.321 e. The number of urea groups is 1. The molecule has 0 aromatic heterocycles. The van der Waals surface area contributed by atoms with Gasteiger partial charge in [0.15, 0.2) is 0 Å². The standard InChI is InChI=1S/C19H23N3O4S/c1-11-15(3-2-4-18(11)27(24,25)21-12-5-6-12)20-19(23)22-9-13-14(10-22)17-8-7-16(13)26-17/h2-4,7-8,12-14,16-17,21H,5-6,9-10H2,1H3,(H,20,23). The van der Waals surface area contributed by atoms with E-state index in [0.717, 1.165) is 12.8 Å². The van der Waals surface area contributed by atoms with Crippen LogP contribution in [0.5, 0.6) is 0 Å². The quantitative estimate of drug-likeness (QED) is 0.770. The number of nitrogens with one attached hydrogen (secondary N) is 2. The number of ether oxygens (including phenoxy) is 1. The lowest BCUT2D eigenvalue weighted by atomic mass is 9.86. The van der Waals surface area contributed by atoms with E-state index in [1.54, 1.807) is 25.1 Å². The van der Waals surface area contributed by atoms with Crippen molar-refractivity contribution in [2.24, 2.45) is 11.8 Å². The van der Waals surface area contributed by atoms with E-state index in [-0.39, 0.29) is 29.2 Å². The van der Waals surface area contributed by atoms with E-state index in [1.165, 1.54) is 0 Å². The van der Waals surface area contributed by atoms with Crippen LogP contribution in [0.4, 0.5) is 10.5 Å². The predicted molar refractivity (Wildman–Crippen MR) is 99.9 cm³/mol. The van der Waals surface area contributed by atoms with Gasteiger partial charge in [0.1, 0.15) is 0 Å². The zero-order chi connectivity index (χ0) is 18.8. The highest BCUT2D eigenvalue weighted by Gasteiger charge is 2.51. The topological polar surface area (TPSA) is 87.7 Å². The lowest BCUT2D eigenvalue weighted by Gasteiger charge is -2.21. The number of carbonyl (C=O) groups excluding carboxylic acids is 1. The van der Waals surface area contributed by atoms with E-state index in [1.807, 2.05) is 4.90 Å². The van der Waals surface area contributed by atoms with Crippen LogP contribution in [0.1, 0.15) is 18.4 Å². The predicted octanol–water partition coefficient (Wildman–Crippen LogP) is 1.85. The summed E-state index contributed by atoms with van der Waals surface area (Å²) in [4.78, 5) is 14.8. The van der Waals surface area contributed by atoms with Gasteiger partial charge in [-0.15, -0.1) is 0 Å². The molecular weight excluding hydrogens is 366 g/mol. The minimum atomic E-state index is -3.56. The second kappa shape index (κ2) is 6.05. The number of rotatable bonds is 4. The van der Waals surface area contributed by atoms with Crippen molar-refractivity contribution in [2.75, 3.05) is 18.4 Å². The summed E-state index contributed by atoms with van der Waals surface area (Å²) in [6.45, 7) is 3.07. The third-order valence-corrected chi connectivity index (χ3v) is 7.73. The van der Waals surface area contributed by atoms with Crippen molar-refractivity contribution in [3.63, 3.8) is 0 Å². The van der Waals surface area contributed by atoms with Crippen LogP contribution in [0.3, 0.4) is 0 Å². The molecule has 4 aliphatic rings. The van der Waals surface area contributed by atoms with E-state index in [0.29, 0.717) is 36.2 Å². The minimum Gasteiger partial charge on any atom is -0.366 e. The molecular formula is C19H23N3O4S. The Labute approximate surface area is 158 Å². The molecule has 1 aromatic rings. The van der Waals surface area contributed by atoms with E-state index < -0.39 is 10.0 Å². The Balaban J connectivity index is 1.31. The summed E-state index contributed by atoms with van der Waals surface area (Å²) in [5.74, 6) is 0.725. The Morgan fingerprint density at radius 1 is 1.15 bits per heavy atom. The van der Waals surface area contributed by atoms with Crippen molar-refractivity contribution >= 4 is 21.7 Å². The van der Waals surface area contributed by atoms with Crippen molar-refractivity contribution in [1.82, 2.24) is 9.62 Å². The van der Waals surface area contributed by atoms with Gasteiger partial charge in [-0.2, -0.15) is 0 Å². The molecule has 4 unspecified atom stereocenters. The van der Waals surface area contributed by atoms with Crippen molar-refractivity contribution in [3.8, 4) is 0 Å². The molecule has 0 radical (unpaired) electrons. The van der Waals surface area contributed by atoms with E-state index in [4.69, 9.17) is 4.74 Å². The number of benzene rings is 1. The number of hydrogen-bond donors (Lipinski definition) is 2. The fourth-order valence-electron chi connectivity index (χ4n) is 4.41. The summed E-state index contributed by atoms with van der Waals surface area (Å²) >= 11 is 0. The normalized spacial score (nSPS) is 31.4. The number of nitrogens with zero attached hydrogens (tertiary/aromatic N) is 1. The van der Waals surface area contributed by atoms with Crippen LogP contribution in [0.2, 0.25) is 0 Å². The maximum atomic E-state index is 12.8. The Morgan fingerprint density at radius 3 is 2.44 bits per heavy atom. The van der Waals surface area contributed by atoms with Gasteiger partial charge in [-0.3, -0.25) is 0 Å². The maximum absolute atomic E-state index is 12.8. The fraction of sp³-hybridized carbons (Fsp3) is 0.526. The molecule has 27 heavy (non-hydrogen) atoms. The molecule has 3 heterocycles. The molecule has 144 valence electrons. The van der Waals surface area contributed by atoms with Crippen LogP contribution >= 0.6 is 0 Å². The molecule has 2 bridgehead atoms. The number of amides is 2. The van der Waals surface area contributed by atoms with Crippen LogP contribution in [-0.2, 0) is 14.8 Å². The summed E-state index contributed by atoms with van der Waals surface area (Å²) in [6.07, 6.45) is 6.21. The summed E-state index contributed by atoms with van der Waals surface area (Å²) in [5.41, 5.74) is 1.09. The summed E-state index contributed by atoms with van der Waals surface area (Å²) in [6, 6.07) is 4.85. The molecule has 1 saturated carbocycles. The Hall–Kier alpha value is -1.90. The van der Waals surface area contributed by atoms with Crippen LogP contribution in [-0.4, -0.2) is 50.7 Å². The molecule has 0 spiro atoms. The number of likely N-dealkylation sites (tertiary alicyclic amines) is 1. The van der Waals surface area contributed by atoms with Gasteiger partial charge in [-0.05, 0) is 37.5 Å². The van der Waals surface area contributed by atoms with Gasteiger partial charge >= 0.3 is 6.03 Å². The Bertz CT molecular complexity index is 905. The molecule has 8 heteroatoms. The molecule has 1 aliphatic carbocycles. The summed E-state index contributed by atoms with van der Waals surface area (Å²) in [7, 11) is -3.56. The number of hydrogen-bond acceptors (Lipinski definition) is 4. The van der Waals surface area contributed by atoms with Crippen molar-refractivity contribution in [2.45, 2.75) is 42.9 Å². The zero-order valence-electron chi connectivity index (χ0n) is 15.1. The number of carbonyl (C=O) groups is 1. The first kappa shape index (κ1) is 17.2. The molecule has 3 fully saturated rings. The number of anilines is 1. The third kappa shape index (κ3) is 2.96. The highest BCUT2D eigenvalue weighted by atomic mass is 32.2. The van der Waals surface area contributed by atoms with Crippen LogP contribution < -0.4 is 10.0 Å². The van der Waals surface area contributed by atoms with Gasteiger partial charge in [0.25, 0.3) is 0 Å². The van der Waals surface area contributed by atoms with Gasteiger partial charge in [0, 0.05) is 36.7 Å². The minimum absolute atomic E-state index is 0.0443. The SMILES string of the molecule is Cc1c(NC(=O)N2CC3C4C=CC(O4)C3C2)cccc1S(=O)(=O)NC1CC1. The highest BCUT2D eigenvalue weighted by molar-refractivity contribution is 7.89. The second-order valence-electron chi connectivity index (χ2n) is 7.94. The first-order chi connectivity index (χ1) is 12.9. The highest BCUT2D eigenvalue weighted by Crippen LogP contribution is 2.43. The average Bonchev–Trinajstić information content (AvgIpc) is 3.06. The first-order valence-corrected chi connectivity index (χ1v) is 10.9. The zero-order valence-corrected chi connectivity index (χ0v) is 15.9. The van der Waals surface area contributed by atoms with Gasteiger partial charge in [0.2, 0.25) is 10.0 Å². The molecule has 2 amide bonds. The van der Waals surface area contributed by atoms with Gasteiger partial charge in [-0.1, -0.05) is 18.2 Å². The van der Waals surface area contributed by atoms with Crippen molar-refractivity contribution in [3.05, 3.63) is 35.9 Å².